The van der Waals surface area contributed by atoms with Gasteiger partial charge in [-0.25, -0.2) is 14.4 Å². The molecule has 1 aliphatic rings. The van der Waals surface area contributed by atoms with Crippen molar-refractivity contribution in [2.75, 3.05) is 27.8 Å². The first-order valence-corrected chi connectivity index (χ1v) is 8.22. The largest absolute Gasteiger partial charge is 0.467 e. The first kappa shape index (κ1) is 18.8. The summed E-state index contributed by atoms with van der Waals surface area (Å²) in [5.74, 6) is -0.926. The molecule has 136 valence electrons. The Balaban J connectivity index is 2.17. The summed E-state index contributed by atoms with van der Waals surface area (Å²) in [6.07, 6.45) is 1.63. The van der Waals surface area contributed by atoms with E-state index >= 15 is 0 Å². The zero-order valence-corrected chi connectivity index (χ0v) is 14.8. The Morgan fingerprint density at radius 1 is 1.20 bits per heavy atom. The van der Waals surface area contributed by atoms with Crippen LogP contribution in [0.2, 0.25) is 0 Å². The van der Waals surface area contributed by atoms with Crippen molar-refractivity contribution in [1.29, 1.82) is 0 Å². The summed E-state index contributed by atoms with van der Waals surface area (Å²) in [4.78, 5) is 39.8. The van der Waals surface area contributed by atoms with Crippen molar-refractivity contribution in [3.8, 4) is 0 Å². The molecule has 2 rings (SSSR count). The molecule has 1 aliphatic heterocycles. The molecular weight excluding hydrogens is 324 g/mol. The van der Waals surface area contributed by atoms with E-state index in [0.29, 0.717) is 19.4 Å². The fourth-order valence-electron chi connectivity index (χ4n) is 3.06. The second-order valence-electron chi connectivity index (χ2n) is 6.00. The fourth-order valence-corrected chi connectivity index (χ4v) is 3.06. The van der Waals surface area contributed by atoms with Gasteiger partial charge in [-0.05, 0) is 18.4 Å². The summed E-state index contributed by atoms with van der Waals surface area (Å²) in [6, 6.07) is 7.67. The second kappa shape index (κ2) is 8.50. The maximum absolute atomic E-state index is 12.9. The van der Waals surface area contributed by atoms with Crippen LogP contribution in [0.3, 0.4) is 0 Å². The molecule has 1 saturated heterocycles. The number of rotatable bonds is 5. The number of likely N-dealkylation sites (N-methyl/N-ethyl adjacent to an activating group) is 1. The SMILES string of the molecule is COC(=O)C1CCCN1C(=O)N(C)[C@@H](Cc1ccccc1)C(=O)OC. The van der Waals surface area contributed by atoms with Crippen LogP contribution in [0.5, 0.6) is 0 Å². The van der Waals surface area contributed by atoms with Gasteiger partial charge in [0, 0.05) is 20.0 Å². The number of carbonyl (C=O) groups is 3. The highest BCUT2D eigenvalue weighted by Gasteiger charge is 2.39. The maximum atomic E-state index is 12.9. The molecule has 0 N–H and O–H groups in total. The predicted molar refractivity (Wildman–Crippen MR) is 90.9 cm³/mol. The Bertz CT molecular complexity index is 619. The van der Waals surface area contributed by atoms with Crippen molar-refractivity contribution in [2.45, 2.75) is 31.3 Å². The van der Waals surface area contributed by atoms with Crippen LogP contribution in [0.1, 0.15) is 18.4 Å². The number of esters is 2. The summed E-state index contributed by atoms with van der Waals surface area (Å²) in [5.41, 5.74) is 0.920. The Hall–Kier alpha value is -2.57. The normalized spacial score (nSPS) is 17.7. The van der Waals surface area contributed by atoms with Crippen molar-refractivity contribution in [1.82, 2.24) is 9.80 Å². The summed E-state index contributed by atoms with van der Waals surface area (Å²) in [5, 5.41) is 0. The van der Waals surface area contributed by atoms with Gasteiger partial charge in [0.15, 0.2) is 0 Å². The van der Waals surface area contributed by atoms with Crippen LogP contribution < -0.4 is 0 Å². The maximum Gasteiger partial charge on any atom is 0.328 e. The van der Waals surface area contributed by atoms with E-state index in [9.17, 15) is 14.4 Å². The molecule has 1 unspecified atom stereocenters. The Labute approximate surface area is 147 Å². The van der Waals surface area contributed by atoms with Crippen molar-refractivity contribution in [3.05, 3.63) is 35.9 Å². The van der Waals surface area contributed by atoms with Gasteiger partial charge in [-0.15, -0.1) is 0 Å². The molecule has 2 atom stereocenters. The number of benzene rings is 1. The first-order valence-electron chi connectivity index (χ1n) is 8.22. The van der Waals surface area contributed by atoms with E-state index in [2.05, 4.69) is 0 Å². The molecule has 1 aromatic rings. The molecule has 0 bridgehead atoms. The number of carbonyl (C=O) groups excluding carboxylic acids is 3. The number of urea groups is 1. The third-order valence-electron chi connectivity index (χ3n) is 4.49. The van der Waals surface area contributed by atoms with Gasteiger partial charge in [0.05, 0.1) is 14.2 Å². The van der Waals surface area contributed by atoms with Gasteiger partial charge in [-0.3, -0.25) is 0 Å². The van der Waals surface area contributed by atoms with Crippen LogP contribution in [0.15, 0.2) is 30.3 Å². The van der Waals surface area contributed by atoms with Gasteiger partial charge in [0.1, 0.15) is 12.1 Å². The van der Waals surface area contributed by atoms with Gasteiger partial charge in [0.2, 0.25) is 0 Å². The first-order chi connectivity index (χ1) is 12.0. The number of hydrogen-bond acceptors (Lipinski definition) is 5. The van der Waals surface area contributed by atoms with Crippen molar-refractivity contribution in [3.63, 3.8) is 0 Å². The highest BCUT2D eigenvalue weighted by molar-refractivity contribution is 5.87. The van der Waals surface area contributed by atoms with E-state index in [4.69, 9.17) is 9.47 Å². The molecule has 1 aromatic carbocycles. The Kier molecular flexibility index (Phi) is 6.38. The van der Waals surface area contributed by atoms with E-state index < -0.39 is 24.0 Å². The van der Waals surface area contributed by atoms with Crippen LogP contribution in [-0.2, 0) is 25.5 Å². The summed E-state index contributed by atoms with van der Waals surface area (Å²) < 4.78 is 9.65. The van der Waals surface area contributed by atoms with Crippen LogP contribution in [0, 0.1) is 0 Å². The minimum absolute atomic E-state index is 0.340. The fraction of sp³-hybridized carbons (Fsp3) is 0.500. The average Bonchev–Trinajstić information content (AvgIpc) is 3.14. The molecule has 25 heavy (non-hydrogen) atoms. The smallest absolute Gasteiger partial charge is 0.328 e. The van der Waals surface area contributed by atoms with Crippen LogP contribution >= 0.6 is 0 Å². The second-order valence-corrected chi connectivity index (χ2v) is 6.00. The minimum atomic E-state index is -0.765. The van der Waals surface area contributed by atoms with E-state index in [0.717, 1.165) is 12.0 Å². The minimum Gasteiger partial charge on any atom is -0.467 e. The van der Waals surface area contributed by atoms with Crippen LogP contribution in [-0.4, -0.2) is 67.7 Å². The molecule has 0 aliphatic carbocycles. The monoisotopic (exact) mass is 348 g/mol. The van der Waals surface area contributed by atoms with Gasteiger partial charge in [0.25, 0.3) is 0 Å². The lowest BCUT2D eigenvalue weighted by Gasteiger charge is -2.32. The summed E-state index contributed by atoms with van der Waals surface area (Å²) in [7, 11) is 4.16. The molecule has 0 spiro atoms. The number of amides is 2. The van der Waals surface area contributed by atoms with Gasteiger partial charge in [-0.2, -0.15) is 0 Å². The lowest BCUT2D eigenvalue weighted by molar-refractivity contribution is -0.146. The molecule has 7 nitrogen and oxygen atoms in total. The highest BCUT2D eigenvalue weighted by atomic mass is 16.5. The highest BCUT2D eigenvalue weighted by Crippen LogP contribution is 2.21. The lowest BCUT2D eigenvalue weighted by Crippen LogP contribution is -2.53. The molecule has 0 saturated carbocycles. The Morgan fingerprint density at radius 2 is 1.88 bits per heavy atom. The van der Waals surface area contributed by atoms with Crippen molar-refractivity contribution < 1.29 is 23.9 Å². The molecule has 2 amide bonds. The average molecular weight is 348 g/mol. The van der Waals surface area contributed by atoms with Gasteiger partial charge >= 0.3 is 18.0 Å². The standard InChI is InChI=1S/C18H24N2O5/c1-19(18(23)20-11-7-10-14(20)16(21)24-2)15(17(22)25-3)12-13-8-5-4-6-9-13/h4-6,8-9,14-15H,7,10-12H2,1-3H3/t14?,15-/m0/s1. The van der Waals surface area contributed by atoms with Crippen LogP contribution in [0.4, 0.5) is 4.79 Å². The predicted octanol–water partition coefficient (Wildman–Crippen LogP) is 1.46. The van der Waals surface area contributed by atoms with Crippen LogP contribution in [0.25, 0.3) is 0 Å². The zero-order chi connectivity index (χ0) is 18.4. The summed E-state index contributed by atoms with van der Waals surface area (Å²) in [6.45, 7) is 0.460. The molecular formula is C18H24N2O5. The molecule has 0 radical (unpaired) electrons. The molecule has 0 aromatic heterocycles. The number of hydrogen-bond donors (Lipinski definition) is 0. The van der Waals surface area contributed by atoms with Crippen molar-refractivity contribution >= 4 is 18.0 Å². The number of likely N-dealkylation sites (tertiary alicyclic amines) is 1. The van der Waals surface area contributed by atoms with E-state index in [1.165, 1.54) is 24.0 Å². The summed E-state index contributed by atoms with van der Waals surface area (Å²) >= 11 is 0. The van der Waals surface area contributed by atoms with Gasteiger partial charge in [-0.1, -0.05) is 30.3 Å². The number of nitrogens with zero attached hydrogens (tertiary/aromatic N) is 2. The number of ether oxygens (including phenoxy) is 2. The van der Waals surface area contributed by atoms with E-state index in [1.54, 1.807) is 7.05 Å². The molecule has 7 heteroatoms. The third kappa shape index (κ3) is 4.29. The lowest BCUT2D eigenvalue weighted by atomic mass is 10.1. The third-order valence-corrected chi connectivity index (χ3v) is 4.49. The van der Waals surface area contributed by atoms with E-state index in [-0.39, 0.29) is 6.03 Å². The van der Waals surface area contributed by atoms with Crippen molar-refractivity contribution in [2.24, 2.45) is 0 Å². The molecule has 1 fully saturated rings. The quantitative estimate of drug-likeness (QED) is 0.753. The zero-order valence-electron chi connectivity index (χ0n) is 14.8. The molecule has 1 heterocycles. The topological polar surface area (TPSA) is 76.2 Å². The Morgan fingerprint density at radius 3 is 2.48 bits per heavy atom. The number of methoxy groups -OCH3 is 2. The van der Waals surface area contributed by atoms with Gasteiger partial charge < -0.3 is 19.3 Å². The van der Waals surface area contributed by atoms with E-state index in [1.807, 2.05) is 30.3 Å².